The van der Waals surface area contributed by atoms with E-state index in [4.69, 9.17) is 27.9 Å². The zero-order chi connectivity index (χ0) is 20.7. The van der Waals surface area contributed by atoms with Crippen molar-refractivity contribution in [3.8, 4) is 5.75 Å². The van der Waals surface area contributed by atoms with Gasteiger partial charge in [-0.25, -0.2) is 0 Å². The van der Waals surface area contributed by atoms with Gasteiger partial charge in [0.2, 0.25) is 5.91 Å². The molecule has 6 nitrogen and oxygen atoms in total. The summed E-state index contributed by atoms with van der Waals surface area (Å²) in [5, 5.41) is 6.07. The maximum atomic E-state index is 12.2. The lowest BCUT2D eigenvalue weighted by molar-refractivity contribution is -0.120. The molecule has 2 amide bonds. The van der Waals surface area contributed by atoms with E-state index < -0.39 is 5.91 Å². The number of carbonyl (C=O) groups excluding carboxylic acids is 2. The van der Waals surface area contributed by atoms with Crippen LogP contribution in [0.1, 0.15) is 22.0 Å². The second-order valence-electron chi connectivity index (χ2n) is 6.36. The Hall–Kier alpha value is -2.28. The highest BCUT2D eigenvalue weighted by atomic mass is 35.5. The molecule has 0 bridgehead atoms. The third-order valence-corrected chi connectivity index (χ3v) is 4.75. The highest BCUT2D eigenvalue weighted by Gasteiger charge is 2.16. The molecule has 0 aliphatic heterocycles. The van der Waals surface area contributed by atoms with Crippen molar-refractivity contribution in [3.63, 3.8) is 0 Å². The highest BCUT2D eigenvalue weighted by Crippen LogP contribution is 2.21. The fourth-order valence-electron chi connectivity index (χ4n) is 2.63. The molecule has 0 aromatic heterocycles. The van der Waals surface area contributed by atoms with Crippen LogP contribution < -0.4 is 15.4 Å². The molecule has 28 heavy (non-hydrogen) atoms. The van der Waals surface area contributed by atoms with E-state index in [9.17, 15) is 9.59 Å². The monoisotopic (exact) mass is 423 g/mol. The van der Waals surface area contributed by atoms with Crippen LogP contribution in [0.5, 0.6) is 5.75 Å². The van der Waals surface area contributed by atoms with Gasteiger partial charge in [0, 0.05) is 11.6 Å². The zero-order valence-corrected chi connectivity index (χ0v) is 17.5. The summed E-state index contributed by atoms with van der Waals surface area (Å²) in [4.78, 5) is 26.3. The molecule has 1 atom stereocenters. The fourth-order valence-corrected chi connectivity index (χ4v) is 3.12. The number of nitrogens with one attached hydrogen (secondary N) is 2. The number of ether oxygens (including phenoxy) is 1. The fraction of sp³-hybridized carbons (Fsp3) is 0.300. The maximum Gasteiger partial charge on any atom is 0.253 e. The summed E-state index contributed by atoms with van der Waals surface area (Å²) in [6.45, 7) is 0.246. The van der Waals surface area contributed by atoms with E-state index in [-0.39, 0.29) is 29.1 Å². The molecule has 2 rings (SSSR count). The lowest BCUT2D eigenvalue weighted by atomic mass is 10.1. The van der Waals surface area contributed by atoms with Crippen molar-refractivity contribution in [3.05, 3.63) is 63.6 Å². The standard InChI is InChI=1S/C20H23Cl2N3O3/c1-25(2)18(13-4-7-15(28-3)8-5-13)11-23-19(26)12-24-20(27)16-9-6-14(21)10-17(16)22/h4-10,18H,11-12H2,1-3H3,(H,23,26)(H,24,27). The average molecular weight is 424 g/mol. The predicted molar refractivity (Wildman–Crippen MR) is 111 cm³/mol. The van der Waals surface area contributed by atoms with Crippen LogP contribution in [0.25, 0.3) is 0 Å². The first kappa shape index (κ1) is 22.0. The third-order valence-electron chi connectivity index (χ3n) is 4.20. The van der Waals surface area contributed by atoms with Crippen LogP contribution in [0, 0.1) is 0 Å². The molecular weight excluding hydrogens is 401 g/mol. The van der Waals surface area contributed by atoms with E-state index in [2.05, 4.69) is 10.6 Å². The molecule has 2 N–H and O–H groups in total. The Morgan fingerprint density at radius 1 is 1.07 bits per heavy atom. The number of rotatable bonds is 8. The van der Waals surface area contributed by atoms with Gasteiger partial charge in [0.25, 0.3) is 5.91 Å². The Balaban J connectivity index is 1.89. The van der Waals surface area contributed by atoms with Crippen molar-refractivity contribution in [2.24, 2.45) is 0 Å². The van der Waals surface area contributed by atoms with Crippen molar-refractivity contribution in [1.82, 2.24) is 15.5 Å². The zero-order valence-electron chi connectivity index (χ0n) is 16.0. The number of methoxy groups -OCH3 is 1. The number of halogens is 2. The second kappa shape index (κ2) is 10.3. The largest absolute Gasteiger partial charge is 0.497 e. The van der Waals surface area contributed by atoms with Crippen LogP contribution in [0.15, 0.2) is 42.5 Å². The number of nitrogens with zero attached hydrogens (tertiary/aromatic N) is 1. The summed E-state index contributed by atoms with van der Waals surface area (Å²) < 4.78 is 5.17. The molecule has 0 fully saturated rings. The van der Waals surface area contributed by atoms with Crippen LogP contribution in [-0.2, 0) is 4.79 Å². The van der Waals surface area contributed by atoms with Gasteiger partial charge in [-0.2, -0.15) is 0 Å². The molecular formula is C20H23Cl2N3O3. The predicted octanol–water partition coefficient (Wildman–Crippen LogP) is 3.15. The van der Waals surface area contributed by atoms with Crippen LogP contribution in [0.3, 0.4) is 0 Å². The van der Waals surface area contributed by atoms with E-state index in [0.717, 1.165) is 11.3 Å². The Morgan fingerprint density at radius 2 is 1.75 bits per heavy atom. The molecule has 2 aromatic rings. The van der Waals surface area contributed by atoms with Crippen molar-refractivity contribution in [2.45, 2.75) is 6.04 Å². The topological polar surface area (TPSA) is 70.7 Å². The summed E-state index contributed by atoms with van der Waals surface area (Å²) in [6, 6.07) is 12.2. The second-order valence-corrected chi connectivity index (χ2v) is 7.21. The summed E-state index contributed by atoms with van der Waals surface area (Å²) in [6.07, 6.45) is 0. The van der Waals surface area contributed by atoms with Gasteiger partial charge >= 0.3 is 0 Å². The molecule has 0 aliphatic rings. The van der Waals surface area contributed by atoms with Crippen molar-refractivity contribution < 1.29 is 14.3 Å². The summed E-state index contributed by atoms with van der Waals surface area (Å²) in [5.41, 5.74) is 1.31. The normalized spacial score (nSPS) is 11.8. The third kappa shape index (κ3) is 6.12. The quantitative estimate of drug-likeness (QED) is 0.683. The van der Waals surface area contributed by atoms with Crippen LogP contribution in [-0.4, -0.2) is 51.0 Å². The molecule has 2 aromatic carbocycles. The molecule has 8 heteroatoms. The Labute approximate surface area is 174 Å². The SMILES string of the molecule is COc1ccc(C(CNC(=O)CNC(=O)c2ccc(Cl)cc2Cl)N(C)C)cc1. The van der Waals surface area contributed by atoms with E-state index in [1.807, 2.05) is 43.3 Å². The molecule has 0 aliphatic carbocycles. The van der Waals surface area contributed by atoms with Crippen molar-refractivity contribution in [2.75, 3.05) is 34.3 Å². The van der Waals surface area contributed by atoms with Gasteiger partial charge < -0.3 is 20.3 Å². The molecule has 0 saturated heterocycles. The smallest absolute Gasteiger partial charge is 0.253 e. The Bertz CT molecular complexity index is 826. The summed E-state index contributed by atoms with van der Waals surface area (Å²) in [5.74, 6) is 0.0452. The van der Waals surface area contributed by atoms with Crippen molar-refractivity contribution in [1.29, 1.82) is 0 Å². The average Bonchev–Trinajstić information content (AvgIpc) is 2.66. The van der Waals surface area contributed by atoms with Gasteiger partial charge in [0.15, 0.2) is 0 Å². The molecule has 0 heterocycles. The molecule has 1 unspecified atom stereocenters. The minimum Gasteiger partial charge on any atom is -0.497 e. The van der Waals surface area contributed by atoms with Crippen molar-refractivity contribution >= 4 is 35.0 Å². The molecule has 0 spiro atoms. The van der Waals surface area contributed by atoms with Gasteiger partial charge in [-0.3, -0.25) is 9.59 Å². The molecule has 150 valence electrons. The minimum absolute atomic E-state index is 0.0173. The first-order valence-electron chi connectivity index (χ1n) is 8.62. The number of benzene rings is 2. The first-order valence-corrected chi connectivity index (χ1v) is 9.37. The lowest BCUT2D eigenvalue weighted by Crippen LogP contribution is -2.40. The number of amides is 2. The van der Waals surface area contributed by atoms with Gasteiger partial charge in [-0.05, 0) is 50.0 Å². The van der Waals surface area contributed by atoms with E-state index in [0.29, 0.717) is 11.6 Å². The number of carbonyl (C=O) groups is 2. The molecule has 0 saturated carbocycles. The van der Waals surface area contributed by atoms with Gasteiger partial charge in [0.1, 0.15) is 5.75 Å². The highest BCUT2D eigenvalue weighted by molar-refractivity contribution is 6.36. The lowest BCUT2D eigenvalue weighted by Gasteiger charge is -2.25. The number of likely N-dealkylation sites (N-methyl/N-ethyl adjacent to an activating group) is 1. The Kier molecular flexibility index (Phi) is 8.11. The summed E-state index contributed by atoms with van der Waals surface area (Å²) in [7, 11) is 5.49. The van der Waals surface area contributed by atoms with Crippen LogP contribution >= 0.6 is 23.2 Å². The van der Waals surface area contributed by atoms with E-state index in [1.165, 1.54) is 12.1 Å². The maximum absolute atomic E-state index is 12.2. The van der Waals surface area contributed by atoms with E-state index in [1.54, 1.807) is 13.2 Å². The first-order chi connectivity index (χ1) is 13.3. The van der Waals surface area contributed by atoms with Crippen LogP contribution in [0.2, 0.25) is 10.0 Å². The molecule has 0 radical (unpaired) electrons. The summed E-state index contributed by atoms with van der Waals surface area (Å²) >= 11 is 11.8. The minimum atomic E-state index is -0.434. The van der Waals surface area contributed by atoms with Gasteiger partial charge in [-0.1, -0.05) is 35.3 Å². The van der Waals surface area contributed by atoms with Gasteiger partial charge in [0.05, 0.1) is 30.3 Å². The Morgan fingerprint density at radius 3 is 2.32 bits per heavy atom. The van der Waals surface area contributed by atoms with E-state index >= 15 is 0 Å². The van der Waals surface area contributed by atoms with Gasteiger partial charge in [-0.15, -0.1) is 0 Å². The number of hydrogen-bond acceptors (Lipinski definition) is 4. The van der Waals surface area contributed by atoms with Crippen LogP contribution in [0.4, 0.5) is 0 Å². The number of hydrogen-bond donors (Lipinski definition) is 2.